The van der Waals surface area contributed by atoms with Crippen molar-refractivity contribution >= 4 is 11.6 Å². The van der Waals surface area contributed by atoms with Crippen molar-refractivity contribution in [3.05, 3.63) is 41.7 Å². The number of benzene rings is 1. The predicted octanol–water partition coefficient (Wildman–Crippen LogP) is 5.75. The van der Waals surface area contributed by atoms with Gasteiger partial charge in [-0.05, 0) is 56.1 Å². The van der Waals surface area contributed by atoms with Crippen molar-refractivity contribution in [2.45, 2.75) is 59.9 Å². The number of hydrogen-bond donors (Lipinski definition) is 1. The molecule has 1 aliphatic rings. The Kier molecular flexibility index (Phi) is 6.86. The number of amides is 1. The molecule has 0 aromatic heterocycles. The van der Waals surface area contributed by atoms with Gasteiger partial charge in [-0.25, -0.2) is 4.39 Å². The van der Waals surface area contributed by atoms with Gasteiger partial charge in [0.05, 0.1) is 17.2 Å². The normalized spacial score (nSPS) is 25.2. The summed E-state index contributed by atoms with van der Waals surface area (Å²) in [6, 6.07) is 8.68. The quantitative estimate of drug-likeness (QED) is 0.604. The van der Waals surface area contributed by atoms with Crippen LogP contribution < -0.4 is 5.32 Å². The van der Waals surface area contributed by atoms with Crippen LogP contribution in [-0.4, -0.2) is 18.5 Å². The average molecular weight is 413 g/mol. The van der Waals surface area contributed by atoms with Crippen molar-refractivity contribution in [1.82, 2.24) is 5.32 Å². The van der Waals surface area contributed by atoms with Crippen molar-refractivity contribution in [2.75, 3.05) is 7.05 Å². The fourth-order valence-corrected chi connectivity index (χ4v) is 4.63. The zero-order valence-corrected chi connectivity index (χ0v) is 19.1. The van der Waals surface area contributed by atoms with Crippen molar-refractivity contribution in [3.8, 4) is 6.07 Å². The largest absolute Gasteiger partial charge is 0.338 e. The Morgan fingerprint density at radius 3 is 2.57 bits per heavy atom. The number of nitriles is 1. The molecule has 1 aliphatic carbocycles. The topological polar surface area (TPSA) is 77.6 Å². The third kappa shape index (κ3) is 4.45. The van der Waals surface area contributed by atoms with Gasteiger partial charge in [0.25, 0.3) is 0 Å². The molecule has 1 aromatic carbocycles. The number of allylic oxidation sites excluding steroid dienone is 1. The minimum absolute atomic E-state index is 0.0544. The van der Waals surface area contributed by atoms with E-state index in [9.17, 15) is 14.4 Å². The van der Waals surface area contributed by atoms with E-state index in [1.165, 1.54) is 6.07 Å². The number of azo groups is 1. The van der Waals surface area contributed by atoms with E-state index in [1.54, 1.807) is 39.1 Å². The molecule has 3 unspecified atom stereocenters. The second kappa shape index (κ2) is 8.67. The first-order valence-corrected chi connectivity index (χ1v) is 10.4. The monoisotopic (exact) mass is 412 g/mol. The lowest BCUT2D eigenvalue weighted by Gasteiger charge is -2.43. The summed E-state index contributed by atoms with van der Waals surface area (Å²) in [5.74, 6) is -0.191. The van der Waals surface area contributed by atoms with Crippen LogP contribution in [0, 0.1) is 39.8 Å². The number of carbonyl (C=O) groups is 1. The first-order valence-electron chi connectivity index (χ1n) is 10.4. The van der Waals surface area contributed by atoms with Gasteiger partial charge in [0.1, 0.15) is 11.4 Å². The number of nitrogens with zero attached hydrogens (tertiary/aromatic N) is 3. The van der Waals surface area contributed by atoms with Gasteiger partial charge in [0.15, 0.2) is 0 Å². The van der Waals surface area contributed by atoms with E-state index in [1.807, 2.05) is 13.0 Å². The molecular weight excluding hydrogens is 379 g/mol. The van der Waals surface area contributed by atoms with Gasteiger partial charge in [0, 0.05) is 12.6 Å². The summed E-state index contributed by atoms with van der Waals surface area (Å²) >= 11 is 0. The first-order chi connectivity index (χ1) is 13.9. The van der Waals surface area contributed by atoms with E-state index in [0.29, 0.717) is 11.3 Å². The summed E-state index contributed by atoms with van der Waals surface area (Å²) in [7, 11) is 1.57. The Morgan fingerprint density at radius 1 is 1.37 bits per heavy atom. The molecule has 30 heavy (non-hydrogen) atoms. The number of hydrogen-bond acceptors (Lipinski definition) is 4. The molecular formula is C24H33FN4O. The van der Waals surface area contributed by atoms with Crippen LogP contribution in [0.25, 0.3) is 5.70 Å². The van der Waals surface area contributed by atoms with Gasteiger partial charge >= 0.3 is 0 Å². The van der Waals surface area contributed by atoms with E-state index < -0.39 is 11.0 Å². The maximum atomic E-state index is 14.3. The zero-order chi connectivity index (χ0) is 22.7. The zero-order valence-electron chi connectivity index (χ0n) is 19.1. The number of carbonyl (C=O) groups excluding carboxylic acids is 1. The number of rotatable bonds is 6. The third-order valence-corrected chi connectivity index (χ3v) is 6.92. The van der Waals surface area contributed by atoms with Crippen LogP contribution in [0.3, 0.4) is 0 Å². The van der Waals surface area contributed by atoms with Crippen molar-refractivity contribution in [3.63, 3.8) is 0 Å². The lowest BCUT2D eigenvalue weighted by atomic mass is 9.62. The Morgan fingerprint density at radius 2 is 2.00 bits per heavy atom. The molecule has 1 amide bonds. The van der Waals surface area contributed by atoms with Crippen LogP contribution in [-0.2, 0) is 4.79 Å². The lowest BCUT2D eigenvalue weighted by molar-refractivity contribution is -0.137. The standard InChI is InChI=1S/C24H33FN4O/c1-16(14-20(29-27-7)17-10-8-9-11-19(17)25)18-12-13-24(6,23(18,4)5)21(30)28-22(2,3)15-26/h8-11,14,16,18H,12-13H2,1-7H3,(H,28,30)/b20-14-,29-27?. The molecule has 0 aliphatic heterocycles. The minimum atomic E-state index is -0.917. The lowest BCUT2D eigenvalue weighted by Crippen LogP contribution is -2.53. The smallest absolute Gasteiger partial charge is 0.227 e. The van der Waals surface area contributed by atoms with Crippen molar-refractivity contribution in [2.24, 2.45) is 32.9 Å². The van der Waals surface area contributed by atoms with Crippen LogP contribution in [0.15, 0.2) is 40.6 Å². The van der Waals surface area contributed by atoms with Gasteiger partial charge in [-0.3, -0.25) is 4.79 Å². The highest BCUT2D eigenvalue weighted by atomic mass is 19.1. The summed E-state index contributed by atoms with van der Waals surface area (Å²) in [5.41, 5.74) is -0.940. The van der Waals surface area contributed by atoms with Crippen molar-refractivity contribution in [1.29, 1.82) is 5.26 Å². The first kappa shape index (κ1) is 23.7. The van der Waals surface area contributed by atoms with Crippen LogP contribution in [0.5, 0.6) is 0 Å². The highest BCUT2D eigenvalue weighted by molar-refractivity contribution is 5.84. The molecule has 6 heteroatoms. The highest BCUT2D eigenvalue weighted by Crippen LogP contribution is 2.58. The maximum absolute atomic E-state index is 14.3. The second-order valence-electron chi connectivity index (χ2n) is 9.58. The van der Waals surface area contributed by atoms with Crippen molar-refractivity contribution < 1.29 is 9.18 Å². The molecule has 0 bridgehead atoms. The Bertz CT molecular complexity index is 897. The van der Waals surface area contributed by atoms with Gasteiger partial charge in [-0.1, -0.05) is 45.9 Å². The van der Waals surface area contributed by atoms with Gasteiger partial charge < -0.3 is 5.32 Å². The Labute approximate surface area is 179 Å². The van der Waals surface area contributed by atoms with Gasteiger partial charge in [-0.15, -0.1) is 0 Å². The van der Waals surface area contributed by atoms with Crippen LogP contribution in [0.1, 0.15) is 59.9 Å². The van der Waals surface area contributed by atoms with Crippen LogP contribution >= 0.6 is 0 Å². The highest BCUT2D eigenvalue weighted by Gasteiger charge is 2.57. The average Bonchev–Trinajstić information content (AvgIpc) is 2.92. The fourth-order valence-electron chi connectivity index (χ4n) is 4.63. The summed E-state index contributed by atoms with van der Waals surface area (Å²) in [6.07, 6.45) is 3.54. The Balaban J connectivity index is 2.35. The van der Waals surface area contributed by atoms with E-state index >= 15 is 0 Å². The molecule has 3 atom stereocenters. The van der Waals surface area contributed by atoms with E-state index in [2.05, 4.69) is 42.4 Å². The van der Waals surface area contributed by atoms with E-state index in [0.717, 1.165) is 12.8 Å². The molecule has 162 valence electrons. The predicted molar refractivity (Wildman–Crippen MR) is 117 cm³/mol. The molecule has 0 saturated heterocycles. The third-order valence-electron chi connectivity index (χ3n) is 6.92. The summed E-state index contributed by atoms with van der Waals surface area (Å²) in [4.78, 5) is 13.2. The molecule has 0 radical (unpaired) electrons. The SMILES string of the molecule is CN=N/C(=C\C(C)C1CCC(C)(C(=O)NC(C)(C)C#N)C1(C)C)c1ccccc1F. The molecule has 0 spiro atoms. The summed E-state index contributed by atoms with van der Waals surface area (Å²) in [5, 5.41) is 20.2. The van der Waals surface area contributed by atoms with Gasteiger partial charge in [-0.2, -0.15) is 15.5 Å². The molecule has 1 aromatic rings. The van der Waals surface area contributed by atoms with Gasteiger partial charge in [0.2, 0.25) is 5.91 Å². The molecule has 1 N–H and O–H groups in total. The number of halogens is 1. The van der Waals surface area contributed by atoms with Crippen LogP contribution in [0.2, 0.25) is 0 Å². The van der Waals surface area contributed by atoms with E-state index in [4.69, 9.17) is 0 Å². The van der Waals surface area contributed by atoms with E-state index in [-0.39, 0.29) is 29.0 Å². The second-order valence-corrected chi connectivity index (χ2v) is 9.58. The summed E-state index contributed by atoms with van der Waals surface area (Å²) < 4.78 is 14.3. The summed E-state index contributed by atoms with van der Waals surface area (Å²) in [6.45, 7) is 11.7. The number of nitrogens with one attached hydrogen (secondary N) is 1. The molecule has 0 heterocycles. The Hall–Kier alpha value is -2.55. The molecule has 2 rings (SSSR count). The van der Waals surface area contributed by atoms with Crippen LogP contribution in [0.4, 0.5) is 4.39 Å². The minimum Gasteiger partial charge on any atom is -0.338 e. The molecule has 5 nitrogen and oxygen atoms in total. The fraction of sp³-hybridized carbons (Fsp3) is 0.583. The molecule has 1 saturated carbocycles. The maximum Gasteiger partial charge on any atom is 0.227 e. The molecule has 1 fully saturated rings.